The maximum Gasteiger partial charge on any atom is 0.230 e. The molecule has 0 spiro atoms. The van der Waals surface area contributed by atoms with Crippen molar-refractivity contribution >= 4 is 5.91 Å². The number of rotatable bonds is 4. The number of amides is 1. The molecule has 2 aliphatic heterocycles. The lowest BCUT2D eigenvalue weighted by Gasteiger charge is -2.39. The molecule has 25 heavy (non-hydrogen) atoms. The number of morpholine rings is 1. The summed E-state index contributed by atoms with van der Waals surface area (Å²) in [6.45, 7) is 8.04. The fourth-order valence-electron chi connectivity index (χ4n) is 3.97. The molecule has 7 heteroatoms. The molecule has 138 valence electrons. The van der Waals surface area contributed by atoms with Crippen molar-refractivity contribution in [1.29, 1.82) is 0 Å². The van der Waals surface area contributed by atoms with Gasteiger partial charge in [0.15, 0.2) is 0 Å². The lowest BCUT2D eigenvalue weighted by atomic mass is 9.94. The zero-order valence-corrected chi connectivity index (χ0v) is 15.2. The van der Waals surface area contributed by atoms with Crippen LogP contribution in [0.2, 0.25) is 0 Å². The molecular weight excluding hydrogens is 320 g/mol. The molecule has 7 nitrogen and oxygen atoms in total. The van der Waals surface area contributed by atoms with Crippen LogP contribution in [0.4, 0.5) is 0 Å². The number of hydrogen-bond acceptors (Lipinski definition) is 6. The summed E-state index contributed by atoms with van der Waals surface area (Å²) in [5.41, 5.74) is 0. The maximum absolute atomic E-state index is 12.8. The third-order valence-electron chi connectivity index (χ3n) is 5.44. The molecule has 0 N–H and O–H groups in total. The number of aromatic nitrogens is 2. The van der Waals surface area contributed by atoms with E-state index in [-0.39, 0.29) is 18.1 Å². The third kappa shape index (κ3) is 4.03. The summed E-state index contributed by atoms with van der Waals surface area (Å²) in [6, 6.07) is 0. The van der Waals surface area contributed by atoms with Gasteiger partial charge in [-0.25, -0.2) is 0 Å². The largest absolute Gasteiger partial charge is 0.424 e. The van der Waals surface area contributed by atoms with E-state index in [2.05, 4.69) is 15.1 Å². The summed E-state index contributed by atoms with van der Waals surface area (Å²) in [4.78, 5) is 17.1. The molecule has 1 saturated carbocycles. The van der Waals surface area contributed by atoms with E-state index in [4.69, 9.17) is 9.15 Å². The van der Waals surface area contributed by atoms with Gasteiger partial charge in [0.1, 0.15) is 0 Å². The van der Waals surface area contributed by atoms with Gasteiger partial charge in [-0.15, -0.1) is 10.2 Å². The Balaban J connectivity index is 1.26. The van der Waals surface area contributed by atoms with Gasteiger partial charge in [-0.1, -0.05) is 0 Å². The topological polar surface area (TPSA) is 71.7 Å². The molecule has 2 atom stereocenters. The zero-order chi connectivity index (χ0) is 17.4. The molecule has 3 heterocycles. The first-order valence-electron chi connectivity index (χ1n) is 9.57. The number of ether oxygens (including phenoxy) is 1. The molecule has 3 fully saturated rings. The lowest BCUT2D eigenvalue weighted by molar-refractivity contribution is -0.149. The van der Waals surface area contributed by atoms with E-state index in [9.17, 15) is 4.79 Å². The number of carbonyl (C=O) groups excluding carboxylic acids is 1. The first kappa shape index (κ1) is 17.0. The van der Waals surface area contributed by atoms with Gasteiger partial charge in [-0.05, 0) is 52.6 Å². The fourth-order valence-corrected chi connectivity index (χ4v) is 3.97. The second-order valence-electron chi connectivity index (χ2n) is 7.86. The highest BCUT2D eigenvalue weighted by Gasteiger charge is 2.33. The Labute approximate surface area is 148 Å². The van der Waals surface area contributed by atoms with Crippen LogP contribution in [-0.4, -0.2) is 64.3 Å². The minimum Gasteiger partial charge on any atom is -0.424 e. The number of likely N-dealkylation sites (tertiary alicyclic amines) is 1. The Bertz CT molecular complexity index is 597. The summed E-state index contributed by atoms with van der Waals surface area (Å²) < 4.78 is 11.5. The van der Waals surface area contributed by atoms with Crippen LogP contribution in [-0.2, 0) is 16.1 Å². The van der Waals surface area contributed by atoms with Crippen molar-refractivity contribution in [2.45, 2.75) is 64.2 Å². The highest BCUT2D eigenvalue weighted by molar-refractivity contribution is 5.79. The van der Waals surface area contributed by atoms with E-state index in [0.717, 1.165) is 44.9 Å². The third-order valence-corrected chi connectivity index (χ3v) is 5.44. The van der Waals surface area contributed by atoms with E-state index in [0.29, 0.717) is 24.3 Å². The standard InChI is InChI=1S/C18H28N4O3/c1-12-9-22(10-13(2)24-12)18(23)15-5-7-21(8-6-15)11-16-19-20-17(25-16)14-3-4-14/h12-15H,3-11H2,1-2H3/t12-,13+. The predicted molar refractivity (Wildman–Crippen MR) is 90.9 cm³/mol. The predicted octanol–water partition coefficient (Wildman–Crippen LogP) is 1.79. The van der Waals surface area contributed by atoms with Gasteiger partial charge in [-0.2, -0.15) is 0 Å². The molecule has 1 aliphatic carbocycles. The first-order valence-corrected chi connectivity index (χ1v) is 9.57. The van der Waals surface area contributed by atoms with Crippen LogP contribution in [0.1, 0.15) is 57.2 Å². The van der Waals surface area contributed by atoms with E-state index in [1.165, 1.54) is 12.8 Å². The Hall–Kier alpha value is -1.47. The minimum absolute atomic E-state index is 0.131. The van der Waals surface area contributed by atoms with Crippen LogP contribution in [0.3, 0.4) is 0 Å². The van der Waals surface area contributed by atoms with Crippen molar-refractivity contribution in [2.75, 3.05) is 26.2 Å². The zero-order valence-electron chi connectivity index (χ0n) is 15.2. The molecule has 1 amide bonds. The van der Waals surface area contributed by atoms with Gasteiger partial charge < -0.3 is 14.1 Å². The van der Waals surface area contributed by atoms with Gasteiger partial charge in [0, 0.05) is 24.9 Å². The Morgan fingerprint density at radius 2 is 1.76 bits per heavy atom. The normalized spacial score (nSPS) is 29.1. The highest BCUT2D eigenvalue weighted by atomic mass is 16.5. The molecule has 1 aromatic heterocycles. The van der Waals surface area contributed by atoms with Crippen LogP contribution in [0.5, 0.6) is 0 Å². The molecule has 0 aromatic carbocycles. The van der Waals surface area contributed by atoms with E-state index in [1.807, 2.05) is 18.7 Å². The van der Waals surface area contributed by atoms with Crippen molar-refractivity contribution in [3.05, 3.63) is 11.8 Å². The van der Waals surface area contributed by atoms with E-state index >= 15 is 0 Å². The Morgan fingerprint density at radius 3 is 2.40 bits per heavy atom. The molecular formula is C18H28N4O3. The molecule has 0 unspecified atom stereocenters. The summed E-state index contributed by atoms with van der Waals surface area (Å²) in [6.07, 6.45) is 4.42. The van der Waals surface area contributed by atoms with E-state index < -0.39 is 0 Å². The highest BCUT2D eigenvalue weighted by Crippen LogP contribution is 2.39. The molecule has 0 bridgehead atoms. The van der Waals surface area contributed by atoms with Crippen molar-refractivity contribution in [3.8, 4) is 0 Å². The van der Waals surface area contributed by atoms with Crippen molar-refractivity contribution in [3.63, 3.8) is 0 Å². The summed E-state index contributed by atoms with van der Waals surface area (Å²) in [5.74, 6) is 2.45. The molecule has 4 rings (SSSR count). The number of piperidine rings is 1. The van der Waals surface area contributed by atoms with Gasteiger partial charge >= 0.3 is 0 Å². The average molecular weight is 348 g/mol. The first-order chi connectivity index (χ1) is 12.1. The summed E-state index contributed by atoms with van der Waals surface area (Å²) >= 11 is 0. The van der Waals surface area contributed by atoms with Crippen LogP contribution >= 0.6 is 0 Å². The van der Waals surface area contributed by atoms with Gasteiger partial charge in [0.2, 0.25) is 17.7 Å². The van der Waals surface area contributed by atoms with Crippen LogP contribution in [0.15, 0.2) is 4.42 Å². The smallest absolute Gasteiger partial charge is 0.230 e. The number of hydrogen-bond donors (Lipinski definition) is 0. The van der Waals surface area contributed by atoms with Gasteiger partial charge in [0.25, 0.3) is 0 Å². The second kappa shape index (κ2) is 7.03. The molecule has 3 aliphatic rings. The van der Waals surface area contributed by atoms with Crippen molar-refractivity contribution in [2.24, 2.45) is 5.92 Å². The Kier molecular flexibility index (Phi) is 4.78. The molecule has 1 aromatic rings. The summed E-state index contributed by atoms with van der Waals surface area (Å²) in [5, 5.41) is 8.31. The van der Waals surface area contributed by atoms with Gasteiger partial charge in [-0.3, -0.25) is 9.69 Å². The second-order valence-corrected chi connectivity index (χ2v) is 7.86. The van der Waals surface area contributed by atoms with Crippen molar-refractivity contribution < 1.29 is 13.9 Å². The number of nitrogens with zero attached hydrogens (tertiary/aromatic N) is 4. The van der Waals surface area contributed by atoms with Crippen LogP contribution in [0, 0.1) is 5.92 Å². The van der Waals surface area contributed by atoms with E-state index in [1.54, 1.807) is 0 Å². The Morgan fingerprint density at radius 1 is 1.08 bits per heavy atom. The average Bonchev–Trinajstić information content (AvgIpc) is 3.34. The van der Waals surface area contributed by atoms with Crippen LogP contribution in [0.25, 0.3) is 0 Å². The maximum atomic E-state index is 12.8. The van der Waals surface area contributed by atoms with Gasteiger partial charge in [0.05, 0.1) is 18.8 Å². The minimum atomic E-state index is 0.131. The quantitative estimate of drug-likeness (QED) is 0.826. The molecule has 0 radical (unpaired) electrons. The monoisotopic (exact) mass is 348 g/mol. The number of carbonyl (C=O) groups is 1. The van der Waals surface area contributed by atoms with Crippen LogP contribution < -0.4 is 0 Å². The SMILES string of the molecule is C[C@@H]1CN(C(=O)C2CCN(Cc3nnc(C4CC4)o3)CC2)C[C@H](C)O1. The van der Waals surface area contributed by atoms with Crippen molar-refractivity contribution in [1.82, 2.24) is 20.0 Å². The summed E-state index contributed by atoms with van der Waals surface area (Å²) in [7, 11) is 0. The fraction of sp³-hybridized carbons (Fsp3) is 0.833. The lowest BCUT2D eigenvalue weighted by Crippen LogP contribution is -2.51. The molecule has 2 saturated heterocycles.